The van der Waals surface area contributed by atoms with Crippen molar-refractivity contribution in [1.82, 2.24) is 0 Å². The van der Waals surface area contributed by atoms with Gasteiger partial charge in [-0.05, 0) is 19.3 Å². The van der Waals surface area contributed by atoms with Crippen molar-refractivity contribution in [2.45, 2.75) is 38.7 Å². The summed E-state index contributed by atoms with van der Waals surface area (Å²) >= 11 is 0. The molecule has 2 fully saturated rings. The zero-order chi connectivity index (χ0) is 12.6. The van der Waals surface area contributed by atoms with Crippen LogP contribution in [-0.2, 0) is 9.59 Å². The van der Waals surface area contributed by atoms with E-state index in [1.165, 1.54) is 0 Å². The van der Waals surface area contributed by atoms with E-state index in [9.17, 15) is 14.7 Å². The van der Waals surface area contributed by atoms with E-state index in [2.05, 4.69) is 6.58 Å². The summed E-state index contributed by atoms with van der Waals surface area (Å²) in [6.45, 7) is 5.57. The number of hydrogen-bond donors (Lipinski definition) is 1. The van der Waals surface area contributed by atoms with Gasteiger partial charge in [-0.1, -0.05) is 13.0 Å². The van der Waals surface area contributed by atoms with Crippen molar-refractivity contribution in [2.24, 2.45) is 23.7 Å². The van der Waals surface area contributed by atoms with Crippen LogP contribution in [-0.4, -0.2) is 22.8 Å². The van der Waals surface area contributed by atoms with Crippen LogP contribution in [0.25, 0.3) is 0 Å². The Hall–Kier alpha value is -0.960. The van der Waals surface area contributed by atoms with Crippen molar-refractivity contribution >= 4 is 11.6 Å². The SMILES string of the molecule is C=CC[C@H]1C(=O)[C@@H](C)C[C@@H]2C(=O)CC[C@@H](O)[C@@H]21. The Morgan fingerprint density at radius 2 is 2.18 bits per heavy atom. The van der Waals surface area contributed by atoms with Crippen molar-refractivity contribution in [3.8, 4) is 0 Å². The summed E-state index contributed by atoms with van der Waals surface area (Å²) in [6.07, 6.45) is 3.39. The fourth-order valence-electron chi connectivity index (χ4n) is 3.49. The number of fused-ring (bicyclic) bond motifs is 1. The summed E-state index contributed by atoms with van der Waals surface area (Å²) in [5, 5.41) is 10.1. The molecule has 0 bridgehead atoms. The molecule has 0 aliphatic heterocycles. The molecule has 0 spiro atoms. The van der Waals surface area contributed by atoms with Crippen LogP contribution in [0, 0.1) is 23.7 Å². The van der Waals surface area contributed by atoms with E-state index in [0.717, 1.165) is 0 Å². The summed E-state index contributed by atoms with van der Waals surface area (Å²) < 4.78 is 0. The zero-order valence-electron chi connectivity index (χ0n) is 10.3. The van der Waals surface area contributed by atoms with Crippen LogP contribution in [0.3, 0.4) is 0 Å². The molecule has 0 aromatic carbocycles. The van der Waals surface area contributed by atoms with E-state index in [-0.39, 0.29) is 35.2 Å². The second kappa shape index (κ2) is 4.73. The topological polar surface area (TPSA) is 54.4 Å². The molecule has 94 valence electrons. The summed E-state index contributed by atoms with van der Waals surface area (Å²) in [6, 6.07) is 0. The maximum absolute atomic E-state index is 12.2. The number of carbonyl (C=O) groups excluding carboxylic acids is 2. The molecule has 3 nitrogen and oxygen atoms in total. The van der Waals surface area contributed by atoms with Crippen molar-refractivity contribution < 1.29 is 14.7 Å². The maximum atomic E-state index is 12.2. The molecule has 0 heterocycles. The third kappa shape index (κ3) is 2.08. The average Bonchev–Trinajstić information content (AvgIpc) is 2.30. The highest BCUT2D eigenvalue weighted by Gasteiger charge is 2.49. The number of hydrogen-bond acceptors (Lipinski definition) is 3. The van der Waals surface area contributed by atoms with Gasteiger partial charge in [0.2, 0.25) is 0 Å². The largest absolute Gasteiger partial charge is 0.393 e. The predicted octanol–water partition coefficient (Wildman–Crippen LogP) is 1.74. The van der Waals surface area contributed by atoms with Crippen LogP contribution in [0.15, 0.2) is 12.7 Å². The third-order valence-corrected chi connectivity index (χ3v) is 4.35. The highest BCUT2D eigenvalue weighted by molar-refractivity contribution is 5.90. The first-order valence-corrected chi connectivity index (χ1v) is 6.41. The van der Waals surface area contributed by atoms with E-state index < -0.39 is 6.10 Å². The van der Waals surface area contributed by atoms with Gasteiger partial charge in [-0.3, -0.25) is 9.59 Å². The minimum Gasteiger partial charge on any atom is -0.393 e. The minimum absolute atomic E-state index is 0.0598. The van der Waals surface area contributed by atoms with Crippen LogP contribution >= 0.6 is 0 Å². The number of rotatable bonds is 2. The lowest BCUT2D eigenvalue weighted by Gasteiger charge is -2.44. The van der Waals surface area contributed by atoms with Crippen LogP contribution in [0.4, 0.5) is 0 Å². The Labute approximate surface area is 102 Å². The fourth-order valence-corrected chi connectivity index (χ4v) is 3.49. The van der Waals surface area contributed by atoms with E-state index in [1.807, 2.05) is 6.92 Å². The zero-order valence-corrected chi connectivity index (χ0v) is 10.3. The molecule has 2 aliphatic carbocycles. The molecule has 0 aromatic heterocycles. The summed E-state index contributed by atoms with van der Waals surface area (Å²) in [4.78, 5) is 24.1. The Morgan fingerprint density at radius 3 is 2.82 bits per heavy atom. The van der Waals surface area contributed by atoms with Crippen molar-refractivity contribution in [2.75, 3.05) is 0 Å². The van der Waals surface area contributed by atoms with Gasteiger partial charge in [0.25, 0.3) is 0 Å². The molecule has 0 amide bonds. The molecule has 0 radical (unpaired) electrons. The van der Waals surface area contributed by atoms with Gasteiger partial charge in [0.05, 0.1) is 6.10 Å². The molecular formula is C14H20O3. The van der Waals surface area contributed by atoms with Gasteiger partial charge in [-0.2, -0.15) is 0 Å². The van der Waals surface area contributed by atoms with Gasteiger partial charge < -0.3 is 5.11 Å². The van der Waals surface area contributed by atoms with Crippen molar-refractivity contribution in [1.29, 1.82) is 0 Å². The van der Waals surface area contributed by atoms with Crippen LogP contribution in [0.5, 0.6) is 0 Å². The van der Waals surface area contributed by atoms with Crippen molar-refractivity contribution in [3.05, 3.63) is 12.7 Å². The second-order valence-electron chi connectivity index (χ2n) is 5.43. The summed E-state index contributed by atoms with van der Waals surface area (Å²) in [7, 11) is 0. The first-order chi connectivity index (χ1) is 8.06. The number of allylic oxidation sites excluding steroid dienone is 1. The predicted molar refractivity (Wildman–Crippen MR) is 64.3 cm³/mol. The van der Waals surface area contributed by atoms with Gasteiger partial charge in [-0.15, -0.1) is 6.58 Å². The minimum atomic E-state index is -0.501. The number of ketones is 2. The summed E-state index contributed by atoms with van der Waals surface area (Å²) in [5.74, 6) is -0.126. The Kier molecular flexibility index (Phi) is 3.48. The fraction of sp³-hybridized carbons (Fsp3) is 0.714. The molecular weight excluding hydrogens is 216 g/mol. The first-order valence-electron chi connectivity index (χ1n) is 6.41. The number of aliphatic hydroxyl groups excluding tert-OH is 1. The van der Waals surface area contributed by atoms with Gasteiger partial charge in [-0.25, -0.2) is 0 Å². The number of Topliss-reactive ketones (excluding diaryl/α,β-unsaturated/α-hetero) is 2. The van der Waals surface area contributed by atoms with Crippen LogP contribution in [0.2, 0.25) is 0 Å². The van der Waals surface area contributed by atoms with E-state index in [1.54, 1.807) is 6.08 Å². The molecule has 0 saturated heterocycles. The van der Waals surface area contributed by atoms with Crippen LogP contribution < -0.4 is 0 Å². The lowest BCUT2D eigenvalue weighted by atomic mass is 9.60. The highest BCUT2D eigenvalue weighted by Crippen LogP contribution is 2.44. The normalized spacial score (nSPS) is 42.1. The van der Waals surface area contributed by atoms with E-state index in [0.29, 0.717) is 25.7 Å². The quantitative estimate of drug-likeness (QED) is 0.743. The Bertz CT molecular complexity index is 347. The molecule has 2 rings (SSSR count). The molecule has 2 saturated carbocycles. The van der Waals surface area contributed by atoms with E-state index in [4.69, 9.17) is 0 Å². The average molecular weight is 236 g/mol. The molecule has 3 heteroatoms. The molecule has 0 unspecified atom stereocenters. The lowest BCUT2D eigenvalue weighted by molar-refractivity contribution is -0.147. The molecule has 1 N–H and O–H groups in total. The highest BCUT2D eigenvalue weighted by atomic mass is 16.3. The van der Waals surface area contributed by atoms with Gasteiger partial charge >= 0.3 is 0 Å². The number of aliphatic hydroxyl groups is 1. The molecule has 2 aliphatic rings. The molecule has 17 heavy (non-hydrogen) atoms. The second-order valence-corrected chi connectivity index (χ2v) is 5.43. The number of carbonyl (C=O) groups is 2. The molecule has 5 atom stereocenters. The van der Waals surface area contributed by atoms with E-state index >= 15 is 0 Å². The van der Waals surface area contributed by atoms with Crippen molar-refractivity contribution in [3.63, 3.8) is 0 Å². The maximum Gasteiger partial charge on any atom is 0.139 e. The smallest absolute Gasteiger partial charge is 0.139 e. The Balaban J connectivity index is 2.30. The Morgan fingerprint density at radius 1 is 1.47 bits per heavy atom. The van der Waals surface area contributed by atoms with Crippen LogP contribution in [0.1, 0.15) is 32.6 Å². The monoisotopic (exact) mass is 236 g/mol. The van der Waals surface area contributed by atoms with Gasteiger partial charge in [0.1, 0.15) is 11.6 Å². The third-order valence-electron chi connectivity index (χ3n) is 4.35. The van der Waals surface area contributed by atoms with Gasteiger partial charge in [0, 0.05) is 30.1 Å². The first kappa shape index (κ1) is 12.5. The lowest BCUT2D eigenvalue weighted by Crippen LogP contribution is -2.50. The summed E-state index contributed by atoms with van der Waals surface area (Å²) in [5.41, 5.74) is 0. The standard InChI is InChI=1S/C14H20O3/c1-3-4-9-13-10(7-8(2)14(9)17)11(15)5-6-12(13)16/h3,8-10,12-13,16H,1,4-7H2,2H3/t8-,9+,10+,12+,13+/m0/s1. The van der Waals surface area contributed by atoms with Gasteiger partial charge in [0.15, 0.2) is 0 Å². The molecule has 0 aromatic rings.